The summed E-state index contributed by atoms with van der Waals surface area (Å²) in [6.45, 7) is 0.525. The molecule has 3 rings (SSSR count). The molecule has 0 unspecified atom stereocenters. The van der Waals surface area contributed by atoms with Crippen molar-refractivity contribution in [2.24, 2.45) is 0 Å². The van der Waals surface area contributed by atoms with E-state index in [9.17, 15) is 0 Å². The molecule has 3 aromatic rings. The molecule has 0 radical (unpaired) electrons. The Morgan fingerprint density at radius 1 is 1.05 bits per heavy atom. The number of aromatic nitrogens is 1. The number of anilines is 1. The Labute approximate surface area is 118 Å². The molecule has 20 heavy (non-hydrogen) atoms. The second-order valence-corrected chi connectivity index (χ2v) is 4.58. The molecule has 2 aromatic carbocycles. The molecule has 0 spiro atoms. The zero-order valence-electron chi connectivity index (χ0n) is 11.3. The maximum absolute atomic E-state index is 5.87. The van der Waals surface area contributed by atoms with Gasteiger partial charge in [-0.15, -0.1) is 0 Å². The Morgan fingerprint density at radius 3 is 2.70 bits per heavy atom. The van der Waals surface area contributed by atoms with Crippen molar-refractivity contribution in [3.05, 3.63) is 66.4 Å². The Hall–Kier alpha value is -2.55. The van der Waals surface area contributed by atoms with Crippen LogP contribution in [0.15, 0.2) is 60.8 Å². The molecule has 0 saturated heterocycles. The fourth-order valence-electron chi connectivity index (χ4n) is 2.14. The highest BCUT2D eigenvalue weighted by Crippen LogP contribution is 2.26. The molecule has 1 aromatic heterocycles. The number of ether oxygens (including phenoxy) is 1. The fourth-order valence-corrected chi connectivity index (χ4v) is 2.14. The quantitative estimate of drug-likeness (QED) is 0.777. The molecular weight excluding hydrogens is 248 g/mol. The topological polar surface area (TPSA) is 34.2 Å². The van der Waals surface area contributed by atoms with Crippen LogP contribution in [-0.2, 0) is 6.61 Å². The standard InChI is InChI=1S/C17H16N2O/c1-18-15-8-7-14-9-10-19-17(16(14)11-15)20-12-13-5-3-2-4-6-13/h2-11,18H,12H2,1H3. The second-order valence-electron chi connectivity index (χ2n) is 4.58. The Kier molecular flexibility index (Phi) is 3.50. The summed E-state index contributed by atoms with van der Waals surface area (Å²) in [5, 5.41) is 5.29. The van der Waals surface area contributed by atoms with E-state index in [4.69, 9.17) is 4.74 Å². The molecule has 0 bridgehead atoms. The summed E-state index contributed by atoms with van der Waals surface area (Å²) in [6, 6.07) is 18.3. The summed E-state index contributed by atoms with van der Waals surface area (Å²) in [7, 11) is 1.90. The lowest BCUT2D eigenvalue weighted by atomic mass is 10.1. The van der Waals surface area contributed by atoms with Crippen molar-refractivity contribution in [2.75, 3.05) is 12.4 Å². The molecule has 0 aliphatic rings. The summed E-state index contributed by atoms with van der Waals surface area (Å²) in [4.78, 5) is 4.35. The van der Waals surface area contributed by atoms with Crippen molar-refractivity contribution >= 4 is 16.5 Å². The molecular formula is C17H16N2O. The summed E-state index contributed by atoms with van der Waals surface area (Å²) >= 11 is 0. The van der Waals surface area contributed by atoms with E-state index in [0.29, 0.717) is 12.5 Å². The normalized spacial score (nSPS) is 10.4. The van der Waals surface area contributed by atoms with Gasteiger partial charge in [-0.1, -0.05) is 36.4 Å². The van der Waals surface area contributed by atoms with Crippen molar-refractivity contribution in [2.45, 2.75) is 6.61 Å². The maximum Gasteiger partial charge on any atom is 0.221 e. The molecule has 0 amide bonds. The van der Waals surface area contributed by atoms with Crippen LogP contribution in [0.1, 0.15) is 5.56 Å². The number of fused-ring (bicyclic) bond motifs is 1. The number of hydrogen-bond acceptors (Lipinski definition) is 3. The van der Waals surface area contributed by atoms with E-state index in [1.54, 1.807) is 6.20 Å². The number of nitrogens with one attached hydrogen (secondary N) is 1. The smallest absolute Gasteiger partial charge is 0.221 e. The number of benzene rings is 2. The molecule has 3 nitrogen and oxygen atoms in total. The van der Waals surface area contributed by atoms with Crippen molar-refractivity contribution in [3.63, 3.8) is 0 Å². The molecule has 0 aliphatic carbocycles. The van der Waals surface area contributed by atoms with Crippen LogP contribution in [0.5, 0.6) is 5.88 Å². The lowest BCUT2D eigenvalue weighted by Gasteiger charge is -2.09. The van der Waals surface area contributed by atoms with Crippen molar-refractivity contribution in [1.82, 2.24) is 4.98 Å². The van der Waals surface area contributed by atoms with Crippen LogP contribution in [0.4, 0.5) is 5.69 Å². The molecule has 100 valence electrons. The van der Waals surface area contributed by atoms with E-state index in [0.717, 1.165) is 22.0 Å². The van der Waals surface area contributed by atoms with Crippen LogP contribution in [0, 0.1) is 0 Å². The van der Waals surface area contributed by atoms with Gasteiger partial charge >= 0.3 is 0 Å². The number of pyridine rings is 1. The highest BCUT2D eigenvalue weighted by Gasteiger charge is 2.05. The third-order valence-corrected chi connectivity index (χ3v) is 3.24. The number of hydrogen-bond donors (Lipinski definition) is 1. The average Bonchev–Trinajstić information content (AvgIpc) is 2.53. The summed E-state index contributed by atoms with van der Waals surface area (Å²) in [5.41, 5.74) is 2.19. The third-order valence-electron chi connectivity index (χ3n) is 3.24. The van der Waals surface area contributed by atoms with Crippen LogP contribution < -0.4 is 10.1 Å². The molecule has 0 saturated carbocycles. The van der Waals surface area contributed by atoms with Gasteiger partial charge in [0.2, 0.25) is 5.88 Å². The Balaban J connectivity index is 1.90. The van der Waals surface area contributed by atoms with E-state index < -0.39 is 0 Å². The molecule has 0 fully saturated rings. The lowest BCUT2D eigenvalue weighted by Crippen LogP contribution is -1.98. The van der Waals surface area contributed by atoms with Crippen LogP contribution in [0.25, 0.3) is 10.8 Å². The van der Waals surface area contributed by atoms with Gasteiger partial charge in [0.25, 0.3) is 0 Å². The summed E-state index contributed by atoms with van der Waals surface area (Å²) in [5.74, 6) is 0.670. The second kappa shape index (κ2) is 5.61. The van der Waals surface area contributed by atoms with Crippen LogP contribution in [0.2, 0.25) is 0 Å². The van der Waals surface area contributed by atoms with Crippen molar-refractivity contribution < 1.29 is 4.74 Å². The highest BCUT2D eigenvalue weighted by molar-refractivity contribution is 5.89. The number of nitrogens with zero attached hydrogens (tertiary/aromatic N) is 1. The maximum atomic E-state index is 5.87. The van der Waals surface area contributed by atoms with Gasteiger partial charge in [-0.25, -0.2) is 4.98 Å². The summed E-state index contributed by atoms with van der Waals surface area (Å²) in [6.07, 6.45) is 1.78. The monoisotopic (exact) mass is 264 g/mol. The van der Waals surface area contributed by atoms with Crippen LogP contribution in [0.3, 0.4) is 0 Å². The Morgan fingerprint density at radius 2 is 1.90 bits per heavy atom. The largest absolute Gasteiger partial charge is 0.472 e. The summed E-state index contributed by atoms with van der Waals surface area (Å²) < 4.78 is 5.87. The van der Waals surface area contributed by atoms with E-state index in [1.165, 1.54) is 0 Å². The first kappa shape index (κ1) is 12.5. The first-order valence-electron chi connectivity index (χ1n) is 6.60. The first-order valence-corrected chi connectivity index (χ1v) is 6.60. The molecule has 0 aliphatic heterocycles. The minimum absolute atomic E-state index is 0.525. The van der Waals surface area contributed by atoms with Crippen LogP contribution >= 0.6 is 0 Å². The van der Waals surface area contributed by atoms with Crippen LogP contribution in [-0.4, -0.2) is 12.0 Å². The minimum Gasteiger partial charge on any atom is -0.472 e. The van der Waals surface area contributed by atoms with Crippen molar-refractivity contribution in [3.8, 4) is 5.88 Å². The van der Waals surface area contributed by atoms with Gasteiger partial charge in [0.05, 0.1) is 0 Å². The lowest BCUT2D eigenvalue weighted by molar-refractivity contribution is 0.298. The van der Waals surface area contributed by atoms with Gasteiger partial charge in [0, 0.05) is 24.3 Å². The highest BCUT2D eigenvalue weighted by atomic mass is 16.5. The number of rotatable bonds is 4. The Bertz CT molecular complexity index is 711. The minimum atomic E-state index is 0.525. The third kappa shape index (κ3) is 2.57. The molecule has 1 N–H and O–H groups in total. The zero-order chi connectivity index (χ0) is 13.8. The van der Waals surface area contributed by atoms with Gasteiger partial charge in [0.15, 0.2) is 0 Å². The van der Waals surface area contributed by atoms with Gasteiger partial charge < -0.3 is 10.1 Å². The predicted molar refractivity (Wildman–Crippen MR) is 82.1 cm³/mol. The fraction of sp³-hybridized carbons (Fsp3) is 0.118. The SMILES string of the molecule is CNc1ccc2ccnc(OCc3ccccc3)c2c1. The van der Waals surface area contributed by atoms with Gasteiger partial charge in [0.1, 0.15) is 6.61 Å². The van der Waals surface area contributed by atoms with Crippen molar-refractivity contribution in [1.29, 1.82) is 0 Å². The van der Waals surface area contributed by atoms with Gasteiger partial charge in [-0.3, -0.25) is 0 Å². The van der Waals surface area contributed by atoms with E-state index in [2.05, 4.69) is 22.4 Å². The van der Waals surface area contributed by atoms with E-state index >= 15 is 0 Å². The molecule has 3 heteroatoms. The first-order chi connectivity index (χ1) is 9.86. The van der Waals surface area contributed by atoms with E-state index in [-0.39, 0.29) is 0 Å². The van der Waals surface area contributed by atoms with E-state index in [1.807, 2.05) is 49.5 Å². The zero-order valence-corrected chi connectivity index (χ0v) is 11.3. The average molecular weight is 264 g/mol. The predicted octanol–water partition coefficient (Wildman–Crippen LogP) is 3.86. The molecule has 0 atom stereocenters. The van der Waals surface area contributed by atoms with Gasteiger partial charge in [-0.05, 0) is 29.1 Å². The molecule has 1 heterocycles. The van der Waals surface area contributed by atoms with Gasteiger partial charge in [-0.2, -0.15) is 0 Å².